The first-order valence-corrected chi connectivity index (χ1v) is 8.41. The van der Waals surface area contributed by atoms with E-state index < -0.39 is 10.0 Å². The molecule has 0 bridgehead atoms. The van der Waals surface area contributed by atoms with Crippen LogP contribution in [0.25, 0.3) is 0 Å². The van der Waals surface area contributed by atoms with Crippen LogP contribution in [0.1, 0.15) is 31.4 Å². The van der Waals surface area contributed by atoms with Crippen molar-refractivity contribution >= 4 is 10.0 Å². The van der Waals surface area contributed by atoms with Crippen molar-refractivity contribution < 1.29 is 8.42 Å². The summed E-state index contributed by atoms with van der Waals surface area (Å²) >= 11 is 0. The maximum Gasteiger partial charge on any atom is 0.242 e. The van der Waals surface area contributed by atoms with Gasteiger partial charge < -0.3 is 4.90 Å². The van der Waals surface area contributed by atoms with Crippen molar-refractivity contribution in [2.24, 2.45) is 0 Å². The molecule has 1 aliphatic rings. The molecule has 7 heteroatoms. The van der Waals surface area contributed by atoms with E-state index in [4.69, 9.17) is 5.26 Å². The Bertz CT molecular complexity index is 626. The fraction of sp³-hybridized carbons (Fsp3) is 0.571. The number of sulfonamides is 1. The summed E-state index contributed by atoms with van der Waals surface area (Å²) in [6.07, 6.45) is 5.46. The summed E-state index contributed by atoms with van der Waals surface area (Å²) < 4.78 is 27.3. The second kappa shape index (κ2) is 6.10. The number of aromatic nitrogens is 1. The molecule has 1 aromatic rings. The number of nitrogens with one attached hydrogen (secondary N) is 1. The molecule has 0 saturated heterocycles. The third-order valence-electron chi connectivity index (χ3n) is 4.24. The lowest BCUT2D eigenvalue weighted by Crippen LogP contribution is -2.50. The monoisotopic (exact) mass is 308 g/mol. The van der Waals surface area contributed by atoms with Gasteiger partial charge in [0.15, 0.2) is 0 Å². The van der Waals surface area contributed by atoms with E-state index in [1.807, 2.05) is 20.2 Å². The van der Waals surface area contributed by atoms with Gasteiger partial charge in [-0.3, -0.25) is 0 Å². The van der Waals surface area contributed by atoms with Crippen LogP contribution in [0.2, 0.25) is 0 Å². The number of rotatable bonds is 5. The number of nitriles is 1. The summed E-state index contributed by atoms with van der Waals surface area (Å²) in [6.45, 7) is 0.391. The third kappa shape index (κ3) is 3.40. The molecule has 6 nitrogen and oxygen atoms in total. The number of pyridine rings is 1. The van der Waals surface area contributed by atoms with Crippen LogP contribution in [-0.2, 0) is 10.0 Å². The quantitative estimate of drug-likeness (QED) is 0.880. The first kappa shape index (κ1) is 15.9. The summed E-state index contributed by atoms with van der Waals surface area (Å²) in [5.41, 5.74) is 0.0992. The largest absolute Gasteiger partial charge is 0.302 e. The molecule has 0 unspecified atom stereocenters. The first-order chi connectivity index (χ1) is 9.89. The zero-order chi connectivity index (χ0) is 15.5. The smallest absolute Gasteiger partial charge is 0.242 e. The van der Waals surface area contributed by atoms with E-state index in [2.05, 4.69) is 14.6 Å². The van der Waals surface area contributed by atoms with E-state index in [9.17, 15) is 8.42 Å². The van der Waals surface area contributed by atoms with Crippen LogP contribution in [-0.4, -0.2) is 44.5 Å². The molecule has 0 atom stereocenters. The average Bonchev–Trinajstić information content (AvgIpc) is 2.96. The van der Waals surface area contributed by atoms with Crippen molar-refractivity contribution in [3.8, 4) is 6.07 Å². The molecule has 1 aliphatic carbocycles. The maximum absolute atomic E-state index is 12.3. The summed E-state index contributed by atoms with van der Waals surface area (Å²) in [6, 6.07) is 4.69. The summed E-state index contributed by atoms with van der Waals surface area (Å²) in [7, 11) is 0.385. The first-order valence-electron chi connectivity index (χ1n) is 6.93. The topological polar surface area (TPSA) is 86.1 Å². The van der Waals surface area contributed by atoms with Gasteiger partial charge in [-0.2, -0.15) is 5.26 Å². The summed E-state index contributed by atoms with van der Waals surface area (Å²) in [5, 5.41) is 8.69. The molecule has 21 heavy (non-hydrogen) atoms. The number of likely N-dealkylation sites (N-methyl/N-ethyl adjacent to an activating group) is 1. The molecule has 0 aliphatic heterocycles. The van der Waals surface area contributed by atoms with Gasteiger partial charge in [-0.25, -0.2) is 18.1 Å². The molecule has 0 amide bonds. The second-order valence-corrected chi connectivity index (χ2v) is 7.41. The van der Waals surface area contributed by atoms with E-state index in [1.165, 1.54) is 18.3 Å². The van der Waals surface area contributed by atoms with Gasteiger partial charge in [0.2, 0.25) is 10.0 Å². The highest BCUT2D eigenvalue weighted by atomic mass is 32.2. The van der Waals surface area contributed by atoms with Crippen LogP contribution in [0.15, 0.2) is 23.2 Å². The molecule has 2 rings (SSSR count). The van der Waals surface area contributed by atoms with E-state index in [1.54, 1.807) is 0 Å². The lowest BCUT2D eigenvalue weighted by Gasteiger charge is -2.36. The van der Waals surface area contributed by atoms with Gasteiger partial charge in [-0.15, -0.1) is 0 Å². The second-order valence-electron chi connectivity index (χ2n) is 5.64. The van der Waals surface area contributed by atoms with Gasteiger partial charge in [-0.1, -0.05) is 12.8 Å². The van der Waals surface area contributed by atoms with Crippen LogP contribution < -0.4 is 4.72 Å². The highest BCUT2D eigenvalue weighted by Crippen LogP contribution is 2.33. The molecular formula is C14H20N4O2S. The Morgan fingerprint density at radius 1 is 1.38 bits per heavy atom. The molecule has 1 saturated carbocycles. The van der Waals surface area contributed by atoms with Crippen molar-refractivity contribution in [2.45, 2.75) is 36.1 Å². The third-order valence-corrected chi connectivity index (χ3v) is 5.62. The van der Waals surface area contributed by atoms with Crippen LogP contribution >= 0.6 is 0 Å². The van der Waals surface area contributed by atoms with E-state index in [0.717, 1.165) is 25.7 Å². The molecule has 0 aromatic carbocycles. The van der Waals surface area contributed by atoms with Crippen LogP contribution in [0.4, 0.5) is 0 Å². The van der Waals surface area contributed by atoms with Crippen molar-refractivity contribution in [1.82, 2.24) is 14.6 Å². The van der Waals surface area contributed by atoms with Gasteiger partial charge in [0.1, 0.15) is 16.7 Å². The summed E-state index contributed by atoms with van der Waals surface area (Å²) in [4.78, 5) is 6.01. The van der Waals surface area contributed by atoms with Crippen molar-refractivity contribution in [2.75, 3.05) is 20.6 Å². The van der Waals surface area contributed by atoms with Gasteiger partial charge in [0.05, 0.1) is 0 Å². The van der Waals surface area contributed by atoms with Gasteiger partial charge in [0, 0.05) is 18.3 Å². The molecule has 114 valence electrons. The SMILES string of the molecule is CN(C)C1(CNS(=O)(=O)c2ccc(C#N)nc2)CCCC1. The number of nitrogens with zero attached hydrogens (tertiary/aromatic N) is 3. The minimum atomic E-state index is -3.59. The van der Waals surface area contributed by atoms with Gasteiger partial charge in [0.25, 0.3) is 0 Å². The minimum Gasteiger partial charge on any atom is -0.302 e. The molecule has 0 radical (unpaired) electrons. The fourth-order valence-corrected chi connectivity index (χ4v) is 3.80. The standard InChI is InChI=1S/C14H20N4O2S/c1-18(2)14(7-3-4-8-14)11-17-21(19,20)13-6-5-12(9-15)16-10-13/h5-6,10,17H,3-4,7-8,11H2,1-2H3. The highest BCUT2D eigenvalue weighted by molar-refractivity contribution is 7.89. The lowest BCUT2D eigenvalue weighted by atomic mass is 9.97. The Hall–Kier alpha value is -1.49. The molecule has 1 fully saturated rings. The van der Waals surface area contributed by atoms with Crippen LogP contribution in [0, 0.1) is 11.3 Å². The summed E-state index contributed by atoms with van der Waals surface area (Å²) in [5.74, 6) is 0. The van der Waals surface area contributed by atoms with E-state index >= 15 is 0 Å². The number of hydrogen-bond donors (Lipinski definition) is 1. The Morgan fingerprint density at radius 3 is 2.52 bits per heavy atom. The average molecular weight is 308 g/mol. The van der Waals surface area contributed by atoms with Crippen molar-refractivity contribution in [1.29, 1.82) is 5.26 Å². The molecule has 0 spiro atoms. The Balaban J connectivity index is 2.12. The Morgan fingerprint density at radius 2 is 2.05 bits per heavy atom. The molecule has 1 aromatic heterocycles. The van der Waals surface area contributed by atoms with Crippen molar-refractivity contribution in [3.63, 3.8) is 0 Å². The minimum absolute atomic E-state index is 0.0911. The van der Waals surface area contributed by atoms with Gasteiger partial charge in [-0.05, 0) is 39.1 Å². The predicted molar refractivity (Wildman–Crippen MR) is 79.0 cm³/mol. The Labute approximate surface area is 125 Å². The maximum atomic E-state index is 12.3. The van der Waals surface area contributed by atoms with Crippen LogP contribution in [0.3, 0.4) is 0 Å². The van der Waals surface area contributed by atoms with Crippen LogP contribution in [0.5, 0.6) is 0 Å². The fourth-order valence-electron chi connectivity index (χ4n) is 2.73. The zero-order valence-corrected chi connectivity index (χ0v) is 13.2. The van der Waals surface area contributed by atoms with E-state index in [-0.39, 0.29) is 16.1 Å². The molecular weight excluding hydrogens is 288 g/mol. The van der Waals surface area contributed by atoms with E-state index in [0.29, 0.717) is 6.54 Å². The highest BCUT2D eigenvalue weighted by Gasteiger charge is 2.36. The zero-order valence-electron chi connectivity index (χ0n) is 12.3. The van der Waals surface area contributed by atoms with Gasteiger partial charge >= 0.3 is 0 Å². The molecule has 1 N–H and O–H groups in total. The van der Waals surface area contributed by atoms with Crippen molar-refractivity contribution in [3.05, 3.63) is 24.0 Å². The Kier molecular flexibility index (Phi) is 4.61. The lowest BCUT2D eigenvalue weighted by molar-refractivity contribution is 0.162. The predicted octanol–water partition coefficient (Wildman–Crippen LogP) is 1.11. The number of hydrogen-bond acceptors (Lipinski definition) is 5. The normalized spacial score (nSPS) is 17.8. The molecule has 1 heterocycles.